The molecule has 2 nitrogen and oxygen atoms in total. The van der Waals surface area contributed by atoms with Gasteiger partial charge >= 0.3 is 0 Å². The molecule has 18 heavy (non-hydrogen) atoms. The topological polar surface area (TPSA) is 15.3 Å². The van der Waals surface area contributed by atoms with Crippen LogP contribution in [0.2, 0.25) is 0 Å². The van der Waals surface area contributed by atoms with Crippen molar-refractivity contribution >= 4 is 0 Å². The van der Waals surface area contributed by atoms with Crippen LogP contribution in [0.15, 0.2) is 0 Å². The third kappa shape index (κ3) is 3.08. The third-order valence-electron chi connectivity index (χ3n) is 5.11. The molecule has 0 radical (unpaired) electrons. The molecular formula is C16H34N2. The fourth-order valence-electron chi connectivity index (χ4n) is 3.56. The summed E-state index contributed by atoms with van der Waals surface area (Å²) in [5.74, 6) is 0.720. The molecule has 1 unspecified atom stereocenters. The van der Waals surface area contributed by atoms with Crippen molar-refractivity contribution in [2.24, 2.45) is 5.92 Å². The molecule has 1 atom stereocenters. The first-order valence-corrected chi connectivity index (χ1v) is 7.83. The van der Waals surface area contributed by atoms with E-state index in [1.807, 2.05) is 0 Å². The van der Waals surface area contributed by atoms with E-state index >= 15 is 0 Å². The van der Waals surface area contributed by atoms with Gasteiger partial charge < -0.3 is 5.32 Å². The number of nitrogens with one attached hydrogen (secondary N) is 1. The smallest absolute Gasteiger partial charge is 0.0253 e. The van der Waals surface area contributed by atoms with Crippen molar-refractivity contribution in [1.29, 1.82) is 0 Å². The van der Waals surface area contributed by atoms with Crippen LogP contribution in [-0.4, -0.2) is 35.1 Å². The van der Waals surface area contributed by atoms with E-state index < -0.39 is 0 Å². The zero-order valence-corrected chi connectivity index (χ0v) is 13.6. The van der Waals surface area contributed by atoms with Crippen molar-refractivity contribution in [2.45, 2.75) is 84.8 Å². The van der Waals surface area contributed by atoms with Crippen molar-refractivity contribution in [3.63, 3.8) is 0 Å². The minimum Gasteiger partial charge on any atom is -0.309 e. The average Bonchev–Trinajstić information content (AvgIpc) is 2.30. The Kier molecular flexibility index (Phi) is 5.25. The summed E-state index contributed by atoms with van der Waals surface area (Å²) < 4.78 is 0. The molecule has 0 aromatic rings. The molecule has 0 spiro atoms. The van der Waals surface area contributed by atoms with Gasteiger partial charge in [-0.3, -0.25) is 4.90 Å². The predicted octanol–water partition coefficient (Wildman–Crippen LogP) is 3.66. The lowest BCUT2D eigenvalue weighted by Gasteiger charge is -2.55. The van der Waals surface area contributed by atoms with Gasteiger partial charge in [0.05, 0.1) is 0 Å². The molecule has 1 aliphatic rings. The standard InChI is InChI=1S/C16H34N2/c1-8-16(9-2,10-3)18-12-15(6,7)17-11-14(18)13(4)5/h13-14,17H,8-12H2,1-7H3. The number of piperazine rings is 1. The predicted molar refractivity (Wildman–Crippen MR) is 81.0 cm³/mol. The van der Waals surface area contributed by atoms with Crippen LogP contribution in [0.4, 0.5) is 0 Å². The van der Waals surface area contributed by atoms with Gasteiger partial charge in [0.15, 0.2) is 0 Å². The molecule has 0 aliphatic carbocycles. The average molecular weight is 254 g/mol. The van der Waals surface area contributed by atoms with Crippen molar-refractivity contribution < 1.29 is 0 Å². The van der Waals surface area contributed by atoms with Gasteiger partial charge in [0.2, 0.25) is 0 Å². The molecule has 0 aromatic carbocycles. The maximum atomic E-state index is 3.72. The molecule has 2 heteroatoms. The van der Waals surface area contributed by atoms with Crippen LogP contribution in [0, 0.1) is 5.92 Å². The molecule has 1 fully saturated rings. The van der Waals surface area contributed by atoms with Crippen molar-refractivity contribution in [1.82, 2.24) is 10.2 Å². The minimum absolute atomic E-state index is 0.246. The lowest BCUT2D eigenvalue weighted by molar-refractivity contribution is -0.0333. The van der Waals surface area contributed by atoms with Crippen molar-refractivity contribution in [3.8, 4) is 0 Å². The summed E-state index contributed by atoms with van der Waals surface area (Å²) in [6, 6.07) is 0.679. The summed E-state index contributed by atoms with van der Waals surface area (Å²) in [4.78, 5) is 2.83. The zero-order valence-electron chi connectivity index (χ0n) is 13.6. The van der Waals surface area contributed by atoms with Crippen LogP contribution in [0.25, 0.3) is 0 Å². The molecule has 0 bridgehead atoms. The third-order valence-corrected chi connectivity index (χ3v) is 5.11. The Labute approximate surface area is 115 Å². The number of hydrogen-bond donors (Lipinski definition) is 1. The van der Waals surface area contributed by atoms with E-state index in [4.69, 9.17) is 0 Å². The van der Waals surface area contributed by atoms with Crippen LogP contribution < -0.4 is 5.32 Å². The van der Waals surface area contributed by atoms with Crippen molar-refractivity contribution in [2.75, 3.05) is 13.1 Å². The van der Waals surface area contributed by atoms with Gasteiger partial charge in [-0.1, -0.05) is 34.6 Å². The first kappa shape index (κ1) is 16.0. The Morgan fingerprint density at radius 3 is 2.06 bits per heavy atom. The highest BCUT2D eigenvalue weighted by Crippen LogP contribution is 2.35. The normalized spacial score (nSPS) is 25.7. The summed E-state index contributed by atoms with van der Waals surface area (Å²) in [6.07, 6.45) is 3.79. The molecule has 0 saturated carbocycles. The Balaban J connectivity index is 3.03. The van der Waals surface area contributed by atoms with Crippen LogP contribution in [0.3, 0.4) is 0 Å². The van der Waals surface area contributed by atoms with Crippen LogP contribution in [-0.2, 0) is 0 Å². The minimum atomic E-state index is 0.246. The molecular weight excluding hydrogens is 220 g/mol. The largest absolute Gasteiger partial charge is 0.309 e. The lowest BCUT2D eigenvalue weighted by atomic mass is 9.81. The van der Waals surface area contributed by atoms with Crippen molar-refractivity contribution in [3.05, 3.63) is 0 Å². The zero-order chi connectivity index (χ0) is 14.0. The Morgan fingerprint density at radius 2 is 1.67 bits per heavy atom. The van der Waals surface area contributed by atoms with E-state index in [2.05, 4.69) is 58.7 Å². The first-order valence-electron chi connectivity index (χ1n) is 7.83. The van der Waals surface area contributed by atoms with E-state index in [1.165, 1.54) is 25.8 Å². The molecule has 1 N–H and O–H groups in total. The Morgan fingerprint density at radius 1 is 1.17 bits per heavy atom. The molecule has 108 valence electrons. The lowest BCUT2D eigenvalue weighted by Crippen LogP contribution is -2.68. The molecule has 0 amide bonds. The van der Waals surface area contributed by atoms with E-state index in [-0.39, 0.29) is 5.54 Å². The highest BCUT2D eigenvalue weighted by Gasteiger charge is 2.43. The van der Waals surface area contributed by atoms with Crippen LogP contribution in [0.1, 0.15) is 67.7 Å². The van der Waals surface area contributed by atoms with E-state index in [0.717, 1.165) is 12.5 Å². The maximum Gasteiger partial charge on any atom is 0.0253 e. The summed E-state index contributed by atoms with van der Waals surface area (Å²) in [7, 11) is 0. The molecule has 1 heterocycles. The summed E-state index contributed by atoms with van der Waals surface area (Å²) in [5, 5.41) is 3.72. The maximum absolute atomic E-state index is 3.72. The fraction of sp³-hybridized carbons (Fsp3) is 1.00. The van der Waals surface area contributed by atoms with Gasteiger partial charge in [-0.25, -0.2) is 0 Å². The molecule has 1 saturated heterocycles. The summed E-state index contributed by atoms with van der Waals surface area (Å²) >= 11 is 0. The highest BCUT2D eigenvalue weighted by molar-refractivity contribution is 5.01. The SMILES string of the molecule is CCC(CC)(CC)N1CC(C)(C)NCC1C(C)C. The summed E-state index contributed by atoms with van der Waals surface area (Å²) in [6.45, 7) is 18.8. The van der Waals surface area contributed by atoms with E-state index in [0.29, 0.717) is 11.6 Å². The molecule has 1 aliphatic heterocycles. The van der Waals surface area contributed by atoms with E-state index in [1.54, 1.807) is 0 Å². The van der Waals surface area contributed by atoms with Gasteiger partial charge in [0.25, 0.3) is 0 Å². The monoisotopic (exact) mass is 254 g/mol. The van der Waals surface area contributed by atoms with Gasteiger partial charge in [0, 0.05) is 30.2 Å². The van der Waals surface area contributed by atoms with Gasteiger partial charge in [-0.05, 0) is 39.0 Å². The van der Waals surface area contributed by atoms with Gasteiger partial charge in [0.1, 0.15) is 0 Å². The highest BCUT2D eigenvalue weighted by atomic mass is 15.3. The number of nitrogens with zero attached hydrogens (tertiary/aromatic N) is 1. The quantitative estimate of drug-likeness (QED) is 0.805. The second kappa shape index (κ2) is 5.92. The van der Waals surface area contributed by atoms with Crippen LogP contribution in [0.5, 0.6) is 0 Å². The second-order valence-corrected chi connectivity index (χ2v) is 6.99. The first-order chi connectivity index (χ1) is 8.32. The molecule has 1 rings (SSSR count). The number of rotatable bonds is 5. The fourth-order valence-corrected chi connectivity index (χ4v) is 3.56. The Bertz CT molecular complexity index is 246. The number of hydrogen-bond acceptors (Lipinski definition) is 2. The Hall–Kier alpha value is -0.0800. The van der Waals surface area contributed by atoms with Gasteiger partial charge in [-0.15, -0.1) is 0 Å². The second-order valence-electron chi connectivity index (χ2n) is 6.99. The summed E-state index contributed by atoms with van der Waals surface area (Å²) in [5.41, 5.74) is 0.643. The van der Waals surface area contributed by atoms with Crippen LogP contribution >= 0.6 is 0 Å². The van der Waals surface area contributed by atoms with Gasteiger partial charge in [-0.2, -0.15) is 0 Å². The van der Waals surface area contributed by atoms with E-state index in [9.17, 15) is 0 Å². The molecule has 0 aromatic heterocycles.